The number of rotatable bonds is 5. The monoisotopic (exact) mass is 281 g/mol. The number of Topliss-reactive ketones (excluding diaryl/α,β-unsaturated/α-hetero) is 1. The number of carbonyl (C=O) groups is 1. The van der Waals surface area contributed by atoms with E-state index in [0.717, 1.165) is 32.5 Å². The van der Waals surface area contributed by atoms with Crippen LogP contribution < -0.4 is 0 Å². The van der Waals surface area contributed by atoms with Gasteiger partial charge in [-0.25, -0.2) is 0 Å². The van der Waals surface area contributed by atoms with Gasteiger partial charge in [-0.3, -0.25) is 9.69 Å². The van der Waals surface area contributed by atoms with Crippen LogP contribution in [0.1, 0.15) is 30.1 Å². The fourth-order valence-corrected chi connectivity index (χ4v) is 2.69. The average Bonchev–Trinajstić information content (AvgIpc) is 2.42. The first kappa shape index (κ1) is 14.5. The molecule has 1 saturated heterocycles. The summed E-state index contributed by atoms with van der Waals surface area (Å²) in [6, 6.07) is 7.24. The SMILES string of the molecule is CCOC1CCN(CC(=O)c2ccccc2Cl)CC1. The zero-order valence-corrected chi connectivity index (χ0v) is 12.0. The van der Waals surface area contributed by atoms with Crippen molar-refractivity contribution in [2.45, 2.75) is 25.9 Å². The maximum Gasteiger partial charge on any atom is 0.178 e. The summed E-state index contributed by atoms with van der Waals surface area (Å²) in [7, 11) is 0. The maximum absolute atomic E-state index is 12.2. The van der Waals surface area contributed by atoms with E-state index in [1.54, 1.807) is 12.1 Å². The Bertz CT molecular complexity index is 428. The molecular formula is C15H20ClNO2. The van der Waals surface area contributed by atoms with Gasteiger partial charge in [0.05, 0.1) is 17.7 Å². The Morgan fingerprint density at radius 2 is 2.05 bits per heavy atom. The standard InChI is InChI=1S/C15H20ClNO2/c1-2-19-12-7-9-17(10-8-12)11-15(18)13-5-3-4-6-14(13)16/h3-6,12H,2,7-11H2,1H3. The molecule has 0 aliphatic carbocycles. The van der Waals surface area contributed by atoms with Gasteiger partial charge in [0.25, 0.3) is 0 Å². The van der Waals surface area contributed by atoms with Gasteiger partial charge in [-0.1, -0.05) is 23.7 Å². The lowest BCUT2D eigenvalue weighted by Gasteiger charge is -2.31. The number of carbonyl (C=O) groups excluding carboxylic acids is 1. The lowest BCUT2D eigenvalue weighted by Crippen LogP contribution is -2.39. The van der Waals surface area contributed by atoms with Gasteiger partial charge in [0, 0.05) is 25.3 Å². The highest BCUT2D eigenvalue weighted by atomic mass is 35.5. The third-order valence-corrected chi connectivity index (χ3v) is 3.81. The molecule has 4 heteroatoms. The van der Waals surface area contributed by atoms with Gasteiger partial charge in [0.2, 0.25) is 0 Å². The Morgan fingerprint density at radius 3 is 2.68 bits per heavy atom. The van der Waals surface area contributed by atoms with Gasteiger partial charge in [-0.05, 0) is 31.9 Å². The first-order chi connectivity index (χ1) is 9.20. The molecule has 1 aromatic carbocycles. The Hall–Kier alpha value is -0.900. The summed E-state index contributed by atoms with van der Waals surface area (Å²) in [6.07, 6.45) is 2.37. The number of hydrogen-bond acceptors (Lipinski definition) is 3. The number of ketones is 1. The molecule has 0 radical (unpaired) electrons. The van der Waals surface area contributed by atoms with Gasteiger partial charge in [0.15, 0.2) is 5.78 Å². The van der Waals surface area contributed by atoms with E-state index in [1.165, 1.54) is 0 Å². The fraction of sp³-hybridized carbons (Fsp3) is 0.533. The molecule has 0 bridgehead atoms. The average molecular weight is 282 g/mol. The van der Waals surface area contributed by atoms with Crippen LogP contribution in [-0.4, -0.2) is 43.0 Å². The summed E-state index contributed by atoms with van der Waals surface area (Å²) in [5.74, 6) is 0.0976. The number of halogens is 1. The van der Waals surface area contributed by atoms with Crippen molar-refractivity contribution >= 4 is 17.4 Å². The third-order valence-electron chi connectivity index (χ3n) is 3.48. The van der Waals surface area contributed by atoms with E-state index in [9.17, 15) is 4.79 Å². The minimum atomic E-state index is 0.0976. The molecule has 19 heavy (non-hydrogen) atoms. The van der Waals surface area contributed by atoms with Crippen molar-refractivity contribution in [1.82, 2.24) is 4.90 Å². The number of hydrogen-bond donors (Lipinski definition) is 0. The van der Waals surface area contributed by atoms with Crippen molar-refractivity contribution in [2.24, 2.45) is 0 Å². The van der Waals surface area contributed by atoms with E-state index in [-0.39, 0.29) is 5.78 Å². The fourth-order valence-electron chi connectivity index (χ4n) is 2.45. The lowest BCUT2D eigenvalue weighted by molar-refractivity contribution is 0.0147. The quantitative estimate of drug-likeness (QED) is 0.777. The second kappa shape index (κ2) is 7.04. The highest BCUT2D eigenvalue weighted by Crippen LogP contribution is 2.18. The van der Waals surface area contributed by atoms with Crippen molar-refractivity contribution in [1.29, 1.82) is 0 Å². The Kier molecular flexibility index (Phi) is 5.37. The van der Waals surface area contributed by atoms with E-state index in [1.807, 2.05) is 19.1 Å². The van der Waals surface area contributed by atoms with Crippen LogP contribution in [0.5, 0.6) is 0 Å². The summed E-state index contributed by atoms with van der Waals surface area (Å²) in [6.45, 7) is 5.07. The molecule has 1 aromatic rings. The van der Waals surface area contributed by atoms with Crippen molar-refractivity contribution < 1.29 is 9.53 Å². The molecule has 0 atom stereocenters. The molecule has 104 valence electrons. The first-order valence-corrected chi connectivity index (χ1v) is 7.20. The minimum Gasteiger partial charge on any atom is -0.378 e. The van der Waals surface area contributed by atoms with E-state index >= 15 is 0 Å². The van der Waals surface area contributed by atoms with Crippen LogP contribution in [0.15, 0.2) is 24.3 Å². The third kappa shape index (κ3) is 4.03. The Labute approximate surface area is 119 Å². The number of likely N-dealkylation sites (tertiary alicyclic amines) is 1. The molecular weight excluding hydrogens is 262 g/mol. The highest BCUT2D eigenvalue weighted by molar-refractivity contribution is 6.34. The number of piperidine rings is 1. The second-order valence-electron chi connectivity index (χ2n) is 4.83. The molecule has 3 nitrogen and oxygen atoms in total. The van der Waals surface area contributed by atoms with Gasteiger partial charge in [0.1, 0.15) is 0 Å². The van der Waals surface area contributed by atoms with Gasteiger partial charge in [-0.15, -0.1) is 0 Å². The summed E-state index contributed by atoms with van der Waals surface area (Å²) in [5, 5.41) is 0.539. The molecule has 0 unspecified atom stereocenters. The minimum absolute atomic E-state index is 0.0976. The van der Waals surface area contributed by atoms with Gasteiger partial charge >= 0.3 is 0 Å². The molecule has 0 amide bonds. The molecule has 0 spiro atoms. The first-order valence-electron chi connectivity index (χ1n) is 6.82. The van der Waals surface area contributed by atoms with Gasteiger partial charge < -0.3 is 4.74 Å². The van der Waals surface area contributed by atoms with Crippen LogP contribution in [0.3, 0.4) is 0 Å². The van der Waals surface area contributed by atoms with Crippen molar-refractivity contribution in [3.8, 4) is 0 Å². The van der Waals surface area contributed by atoms with Crippen LogP contribution >= 0.6 is 11.6 Å². The predicted octanol–water partition coefficient (Wildman–Crippen LogP) is 3.02. The largest absolute Gasteiger partial charge is 0.378 e. The molecule has 1 aliphatic heterocycles. The maximum atomic E-state index is 12.2. The van der Waals surface area contributed by atoms with Crippen LogP contribution in [0.4, 0.5) is 0 Å². The normalized spacial score (nSPS) is 17.6. The zero-order valence-electron chi connectivity index (χ0n) is 11.3. The van der Waals surface area contributed by atoms with Crippen LogP contribution in [0.2, 0.25) is 5.02 Å². The molecule has 1 fully saturated rings. The molecule has 1 heterocycles. The number of benzene rings is 1. The van der Waals surface area contributed by atoms with Crippen LogP contribution in [0, 0.1) is 0 Å². The molecule has 0 N–H and O–H groups in total. The lowest BCUT2D eigenvalue weighted by atomic mass is 10.1. The summed E-state index contributed by atoms with van der Waals surface area (Å²) >= 11 is 6.04. The molecule has 2 rings (SSSR count). The predicted molar refractivity (Wildman–Crippen MR) is 76.9 cm³/mol. The van der Waals surface area contributed by atoms with Crippen LogP contribution in [0.25, 0.3) is 0 Å². The molecule has 0 saturated carbocycles. The topological polar surface area (TPSA) is 29.5 Å². The van der Waals surface area contributed by atoms with Crippen molar-refractivity contribution in [3.05, 3.63) is 34.9 Å². The summed E-state index contributed by atoms with van der Waals surface area (Å²) in [5.41, 5.74) is 0.621. The van der Waals surface area contributed by atoms with E-state index < -0.39 is 0 Å². The molecule has 1 aliphatic rings. The van der Waals surface area contributed by atoms with E-state index in [4.69, 9.17) is 16.3 Å². The Balaban J connectivity index is 1.86. The highest BCUT2D eigenvalue weighted by Gasteiger charge is 2.21. The summed E-state index contributed by atoms with van der Waals surface area (Å²) < 4.78 is 5.61. The summed E-state index contributed by atoms with van der Waals surface area (Å²) in [4.78, 5) is 14.4. The van der Waals surface area contributed by atoms with Crippen LogP contribution in [-0.2, 0) is 4.74 Å². The zero-order chi connectivity index (χ0) is 13.7. The second-order valence-corrected chi connectivity index (χ2v) is 5.24. The number of nitrogens with zero attached hydrogens (tertiary/aromatic N) is 1. The number of ether oxygens (including phenoxy) is 1. The molecule has 0 aromatic heterocycles. The van der Waals surface area contributed by atoms with Crippen molar-refractivity contribution in [3.63, 3.8) is 0 Å². The van der Waals surface area contributed by atoms with Crippen molar-refractivity contribution in [2.75, 3.05) is 26.2 Å². The smallest absolute Gasteiger partial charge is 0.178 e. The van der Waals surface area contributed by atoms with Gasteiger partial charge in [-0.2, -0.15) is 0 Å². The Morgan fingerprint density at radius 1 is 1.37 bits per heavy atom. The van der Waals surface area contributed by atoms with E-state index in [0.29, 0.717) is 23.2 Å². The van der Waals surface area contributed by atoms with E-state index in [2.05, 4.69) is 4.90 Å².